The minimum absolute atomic E-state index is 0.195. The number of allylic oxidation sites excluding steroid dienone is 1. The van der Waals surface area contributed by atoms with Crippen LogP contribution < -0.4 is 0 Å². The summed E-state index contributed by atoms with van der Waals surface area (Å²) in [7, 11) is 2.34. The lowest BCUT2D eigenvalue weighted by atomic mass is 10.2. The summed E-state index contributed by atoms with van der Waals surface area (Å²) in [5.41, 5.74) is -0.195. The lowest BCUT2D eigenvalue weighted by molar-refractivity contribution is -0.250. The van der Waals surface area contributed by atoms with Gasteiger partial charge in [-0.2, -0.15) is 4.89 Å². The Labute approximate surface area is 69.8 Å². The van der Waals surface area contributed by atoms with Gasteiger partial charge in [0.15, 0.2) is 0 Å². The Hall–Kier alpha value is -1.36. The molecule has 0 radical (unpaired) electrons. The van der Waals surface area contributed by atoms with E-state index in [4.69, 9.17) is 0 Å². The lowest BCUT2D eigenvalue weighted by Crippen LogP contribution is -2.16. The fraction of sp³-hybridized carbons (Fsp3) is 0.429. The Bertz CT molecular complexity index is 206. The number of carbonyl (C=O) groups is 2. The van der Waals surface area contributed by atoms with E-state index in [9.17, 15) is 9.59 Å². The first-order valence-corrected chi connectivity index (χ1v) is 3.17. The van der Waals surface area contributed by atoms with E-state index in [-0.39, 0.29) is 5.57 Å². The largest absolute Gasteiger partial charge is 0.465 e. The van der Waals surface area contributed by atoms with Gasteiger partial charge in [0.05, 0.1) is 14.2 Å². The maximum absolute atomic E-state index is 10.9. The molecule has 0 rings (SSSR count). The zero-order valence-electron chi connectivity index (χ0n) is 7.12. The zero-order valence-corrected chi connectivity index (χ0v) is 7.12. The van der Waals surface area contributed by atoms with Crippen molar-refractivity contribution in [2.45, 2.75) is 6.92 Å². The van der Waals surface area contributed by atoms with Crippen molar-refractivity contribution < 1.29 is 24.1 Å². The molecular formula is C7H10O5. The van der Waals surface area contributed by atoms with Crippen LogP contribution in [0.4, 0.5) is 0 Å². The summed E-state index contributed by atoms with van der Waals surface area (Å²) in [4.78, 5) is 29.9. The van der Waals surface area contributed by atoms with Gasteiger partial charge in [-0.05, 0) is 6.92 Å². The number of ether oxygens (including phenoxy) is 1. The Morgan fingerprint density at radius 2 is 1.75 bits per heavy atom. The van der Waals surface area contributed by atoms with Crippen molar-refractivity contribution in [2.24, 2.45) is 0 Å². The average molecular weight is 174 g/mol. The first-order chi connectivity index (χ1) is 5.67. The summed E-state index contributed by atoms with van der Waals surface area (Å²) in [5.74, 6) is -1.62. The molecule has 0 aliphatic rings. The number of carbonyl (C=O) groups excluding carboxylic acids is 2. The van der Waals surface area contributed by atoms with Crippen molar-refractivity contribution in [3.05, 3.63) is 11.6 Å². The van der Waals surface area contributed by atoms with Crippen LogP contribution in [0.15, 0.2) is 11.6 Å². The quantitative estimate of drug-likeness (QED) is 0.153. The molecule has 0 saturated carbocycles. The van der Waals surface area contributed by atoms with Gasteiger partial charge in [0.25, 0.3) is 0 Å². The Balaban J connectivity index is 4.37. The fourth-order valence-corrected chi connectivity index (χ4v) is 0.550. The van der Waals surface area contributed by atoms with Crippen molar-refractivity contribution >= 4 is 11.9 Å². The molecule has 0 aliphatic carbocycles. The lowest BCUT2D eigenvalue weighted by Gasteiger charge is -2.01. The Morgan fingerprint density at radius 1 is 1.17 bits per heavy atom. The van der Waals surface area contributed by atoms with Gasteiger partial charge < -0.3 is 4.74 Å². The maximum atomic E-state index is 10.9. The molecule has 0 aromatic rings. The first-order valence-electron chi connectivity index (χ1n) is 3.17. The molecule has 0 saturated heterocycles. The molecule has 0 aromatic heterocycles. The molecule has 0 unspecified atom stereocenters. The summed E-state index contributed by atoms with van der Waals surface area (Å²) in [6.07, 6.45) is 1.28. The molecular weight excluding hydrogens is 164 g/mol. The zero-order chi connectivity index (χ0) is 9.56. The van der Waals surface area contributed by atoms with Gasteiger partial charge in [0.1, 0.15) is 5.57 Å². The highest BCUT2D eigenvalue weighted by atomic mass is 17.2. The van der Waals surface area contributed by atoms with Crippen molar-refractivity contribution in [1.82, 2.24) is 0 Å². The predicted molar refractivity (Wildman–Crippen MR) is 38.9 cm³/mol. The fourth-order valence-electron chi connectivity index (χ4n) is 0.550. The van der Waals surface area contributed by atoms with Crippen molar-refractivity contribution in [1.29, 1.82) is 0 Å². The molecule has 0 fully saturated rings. The van der Waals surface area contributed by atoms with Crippen LogP contribution >= 0.6 is 0 Å². The van der Waals surface area contributed by atoms with Crippen LogP contribution in [0, 0.1) is 0 Å². The average Bonchev–Trinajstić information content (AvgIpc) is 2.06. The summed E-state index contributed by atoms with van der Waals surface area (Å²) >= 11 is 0. The molecule has 12 heavy (non-hydrogen) atoms. The molecule has 5 nitrogen and oxygen atoms in total. The number of esters is 1. The molecule has 0 heterocycles. The smallest absolute Gasteiger partial charge is 0.380 e. The van der Waals surface area contributed by atoms with E-state index in [1.165, 1.54) is 27.2 Å². The predicted octanol–water partition coefficient (Wildman–Crippen LogP) is 0.210. The van der Waals surface area contributed by atoms with Crippen molar-refractivity contribution in [2.75, 3.05) is 14.2 Å². The minimum Gasteiger partial charge on any atom is -0.465 e. The van der Waals surface area contributed by atoms with Gasteiger partial charge >= 0.3 is 11.9 Å². The van der Waals surface area contributed by atoms with Crippen LogP contribution in [-0.4, -0.2) is 26.2 Å². The van der Waals surface area contributed by atoms with Gasteiger partial charge in [0, 0.05) is 0 Å². The Kier molecular flexibility index (Phi) is 4.71. The summed E-state index contributed by atoms with van der Waals surface area (Å²) in [6.45, 7) is 1.52. The van der Waals surface area contributed by atoms with E-state index >= 15 is 0 Å². The van der Waals surface area contributed by atoms with E-state index in [1.807, 2.05) is 0 Å². The minimum atomic E-state index is -0.869. The van der Waals surface area contributed by atoms with Crippen LogP contribution in [0.1, 0.15) is 6.92 Å². The second-order valence-electron chi connectivity index (χ2n) is 1.73. The van der Waals surface area contributed by atoms with Gasteiger partial charge in [-0.15, -0.1) is 0 Å². The third-order valence-electron chi connectivity index (χ3n) is 1.07. The van der Waals surface area contributed by atoms with Crippen molar-refractivity contribution in [3.8, 4) is 0 Å². The normalized spacial score (nSPS) is 10.8. The molecule has 0 spiro atoms. The maximum Gasteiger partial charge on any atom is 0.380 e. The number of hydrogen-bond acceptors (Lipinski definition) is 5. The molecule has 5 heteroatoms. The van der Waals surface area contributed by atoms with Crippen LogP contribution in [0.5, 0.6) is 0 Å². The third kappa shape index (κ3) is 2.71. The number of hydrogen-bond donors (Lipinski definition) is 0. The van der Waals surface area contributed by atoms with Gasteiger partial charge in [0.2, 0.25) is 0 Å². The number of rotatable bonds is 3. The second kappa shape index (κ2) is 5.31. The second-order valence-corrected chi connectivity index (χ2v) is 1.73. The van der Waals surface area contributed by atoms with Crippen LogP contribution in [-0.2, 0) is 24.1 Å². The van der Waals surface area contributed by atoms with Crippen LogP contribution in [0.25, 0.3) is 0 Å². The van der Waals surface area contributed by atoms with E-state index in [2.05, 4.69) is 14.5 Å². The van der Waals surface area contributed by atoms with E-state index in [0.29, 0.717) is 0 Å². The molecule has 0 aromatic carbocycles. The molecule has 0 atom stereocenters. The molecule has 0 amide bonds. The monoisotopic (exact) mass is 174 g/mol. The topological polar surface area (TPSA) is 61.8 Å². The Morgan fingerprint density at radius 3 is 2.08 bits per heavy atom. The highest BCUT2D eigenvalue weighted by Crippen LogP contribution is 2.00. The highest BCUT2D eigenvalue weighted by Gasteiger charge is 2.19. The first kappa shape index (κ1) is 10.6. The molecule has 0 bridgehead atoms. The number of methoxy groups -OCH3 is 1. The van der Waals surface area contributed by atoms with E-state index in [0.717, 1.165) is 0 Å². The van der Waals surface area contributed by atoms with Crippen LogP contribution in [0.3, 0.4) is 0 Å². The molecule has 68 valence electrons. The summed E-state index contributed by atoms with van der Waals surface area (Å²) in [6, 6.07) is 0. The van der Waals surface area contributed by atoms with E-state index in [1.54, 1.807) is 0 Å². The van der Waals surface area contributed by atoms with Gasteiger partial charge in [-0.1, -0.05) is 6.08 Å². The van der Waals surface area contributed by atoms with Crippen LogP contribution in [0.2, 0.25) is 0 Å². The van der Waals surface area contributed by atoms with Gasteiger partial charge in [-0.25, -0.2) is 9.59 Å². The van der Waals surface area contributed by atoms with E-state index < -0.39 is 11.9 Å². The molecule has 0 N–H and O–H groups in total. The van der Waals surface area contributed by atoms with Crippen molar-refractivity contribution in [3.63, 3.8) is 0 Å². The SMILES string of the molecule is CC=C(C(=O)OC)C(=O)OOC. The third-order valence-corrected chi connectivity index (χ3v) is 1.07. The summed E-state index contributed by atoms with van der Waals surface area (Å²) in [5, 5.41) is 0. The highest BCUT2D eigenvalue weighted by molar-refractivity contribution is 6.13. The van der Waals surface area contributed by atoms with Gasteiger partial charge in [-0.3, -0.25) is 4.89 Å². The molecule has 0 aliphatic heterocycles. The summed E-state index contributed by atoms with van der Waals surface area (Å²) < 4.78 is 4.31. The standard InChI is InChI=1S/C7H10O5/c1-4-5(6(8)10-2)7(9)12-11-3/h4H,1-3H3.